The van der Waals surface area contributed by atoms with E-state index in [1.165, 1.54) is 32.1 Å². The Hall–Kier alpha value is 0. The Morgan fingerprint density at radius 2 is 1.16 bits per heavy atom. The van der Waals surface area contributed by atoms with Crippen molar-refractivity contribution in [3.63, 3.8) is 0 Å². The van der Waals surface area contributed by atoms with Crippen molar-refractivity contribution in [2.45, 2.75) is 87.5 Å². The lowest BCUT2D eigenvalue weighted by Crippen LogP contribution is -2.24. The summed E-state index contributed by atoms with van der Waals surface area (Å²) in [4.78, 5) is 0. The van der Waals surface area contributed by atoms with Crippen molar-refractivity contribution in [1.82, 2.24) is 0 Å². The molecule has 19 heavy (non-hydrogen) atoms. The lowest BCUT2D eigenvalue weighted by Gasteiger charge is -2.32. The summed E-state index contributed by atoms with van der Waals surface area (Å²) in [7, 11) is 0. The van der Waals surface area contributed by atoms with Gasteiger partial charge < -0.3 is 0 Å². The molecule has 0 aromatic heterocycles. The van der Waals surface area contributed by atoms with Crippen molar-refractivity contribution >= 4 is 0 Å². The maximum atomic E-state index is 2.48. The molecule has 116 valence electrons. The normalized spacial score (nSPS) is 20.1. The maximum Gasteiger partial charge on any atom is -0.0389 e. The first-order valence-corrected chi connectivity index (χ1v) is 8.81. The van der Waals surface area contributed by atoms with E-state index in [4.69, 9.17) is 0 Å². The number of hydrogen-bond acceptors (Lipinski definition) is 0. The van der Waals surface area contributed by atoms with Gasteiger partial charge >= 0.3 is 0 Å². The monoisotopic (exact) mass is 268 g/mol. The predicted molar refractivity (Wildman–Crippen MR) is 89.4 cm³/mol. The van der Waals surface area contributed by atoms with Gasteiger partial charge in [0.1, 0.15) is 0 Å². The van der Waals surface area contributed by atoms with E-state index < -0.39 is 0 Å². The fraction of sp³-hybridized carbons (Fsp3) is 1.00. The molecule has 0 spiro atoms. The maximum absolute atomic E-state index is 2.48. The molecule has 5 atom stereocenters. The van der Waals surface area contributed by atoms with Gasteiger partial charge in [0.25, 0.3) is 0 Å². The van der Waals surface area contributed by atoms with E-state index in [1.807, 2.05) is 0 Å². The first-order chi connectivity index (χ1) is 8.81. The number of rotatable bonds is 10. The van der Waals surface area contributed by atoms with Crippen molar-refractivity contribution in [3.05, 3.63) is 0 Å². The van der Waals surface area contributed by atoms with E-state index in [1.54, 1.807) is 0 Å². The zero-order valence-corrected chi connectivity index (χ0v) is 15.0. The lowest BCUT2D eigenvalue weighted by molar-refractivity contribution is 0.172. The third kappa shape index (κ3) is 7.37. The van der Waals surface area contributed by atoms with Crippen LogP contribution in [0.3, 0.4) is 0 Å². The summed E-state index contributed by atoms with van der Waals surface area (Å²) < 4.78 is 0. The van der Waals surface area contributed by atoms with Crippen LogP contribution in [0.5, 0.6) is 0 Å². The number of hydrogen-bond donors (Lipinski definition) is 0. The van der Waals surface area contributed by atoms with Crippen LogP contribution >= 0.6 is 0 Å². The molecular weight excluding hydrogens is 228 g/mol. The van der Waals surface area contributed by atoms with Gasteiger partial charge in [0.05, 0.1) is 0 Å². The Morgan fingerprint density at radius 1 is 0.632 bits per heavy atom. The Kier molecular flexibility index (Phi) is 9.83. The van der Waals surface area contributed by atoms with Crippen molar-refractivity contribution in [1.29, 1.82) is 0 Å². The highest BCUT2D eigenvalue weighted by Gasteiger charge is 2.25. The van der Waals surface area contributed by atoms with Crippen LogP contribution < -0.4 is 0 Å². The average Bonchev–Trinajstić information content (AvgIpc) is 2.36. The van der Waals surface area contributed by atoms with Crippen LogP contribution in [0.1, 0.15) is 87.5 Å². The molecule has 0 N–H and O–H groups in total. The van der Waals surface area contributed by atoms with Crippen LogP contribution in [-0.4, -0.2) is 0 Å². The Labute approximate surface area is 123 Å². The van der Waals surface area contributed by atoms with Gasteiger partial charge in [-0.05, 0) is 41.9 Å². The number of unbranched alkanes of at least 4 members (excludes halogenated alkanes) is 2. The molecule has 0 saturated carbocycles. The van der Waals surface area contributed by atoms with Gasteiger partial charge in [0, 0.05) is 0 Å². The summed E-state index contributed by atoms with van der Waals surface area (Å²) in [6, 6.07) is 0. The highest BCUT2D eigenvalue weighted by molar-refractivity contribution is 4.75. The van der Waals surface area contributed by atoms with E-state index in [2.05, 4.69) is 55.4 Å². The van der Waals surface area contributed by atoms with Gasteiger partial charge in [-0.1, -0.05) is 81.1 Å². The van der Waals surface area contributed by atoms with Crippen LogP contribution in [0.2, 0.25) is 0 Å². The highest BCUT2D eigenvalue weighted by atomic mass is 14.3. The molecule has 5 unspecified atom stereocenters. The van der Waals surface area contributed by atoms with E-state index >= 15 is 0 Å². The third-order valence-corrected chi connectivity index (χ3v) is 5.77. The summed E-state index contributed by atoms with van der Waals surface area (Å²) >= 11 is 0. The van der Waals surface area contributed by atoms with Crippen molar-refractivity contribution in [2.75, 3.05) is 0 Å². The fourth-order valence-corrected chi connectivity index (χ4v) is 3.09. The second-order valence-electron chi connectivity index (χ2n) is 7.63. The van der Waals surface area contributed by atoms with Gasteiger partial charge in [-0.25, -0.2) is 0 Å². The standard InChI is InChI=1S/C19H40/c1-9-10-11-12-15(4)18(7)19(8)17(6)13-16(5)14(2)3/h14-19H,9-13H2,1-8H3. The molecule has 0 bridgehead atoms. The Morgan fingerprint density at radius 3 is 1.63 bits per heavy atom. The SMILES string of the molecule is CCCCCC(C)C(C)C(C)C(C)CC(C)C(C)C. The summed E-state index contributed by atoms with van der Waals surface area (Å²) in [5, 5.41) is 0. The van der Waals surface area contributed by atoms with Crippen molar-refractivity contribution in [3.8, 4) is 0 Å². The Balaban J connectivity index is 4.18. The molecule has 0 amide bonds. The quantitative estimate of drug-likeness (QED) is 0.382. The molecule has 0 radical (unpaired) electrons. The molecule has 0 rings (SSSR count). The molecular formula is C19H40. The first-order valence-electron chi connectivity index (χ1n) is 8.81. The molecule has 0 heteroatoms. The van der Waals surface area contributed by atoms with E-state index in [0.717, 1.165) is 35.5 Å². The third-order valence-electron chi connectivity index (χ3n) is 5.77. The van der Waals surface area contributed by atoms with Gasteiger partial charge in [0.2, 0.25) is 0 Å². The summed E-state index contributed by atoms with van der Waals surface area (Å²) in [5.74, 6) is 5.16. The van der Waals surface area contributed by atoms with Crippen molar-refractivity contribution < 1.29 is 0 Å². The minimum Gasteiger partial charge on any atom is -0.0654 e. The first kappa shape index (κ1) is 19.0. The summed E-state index contributed by atoms with van der Waals surface area (Å²) in [5.41, 5.74) is 0. The highest BCUT2D eigenvalue weighted by Crippen LogP contribution is 2.33. The smallest absolute Gasteiger partial charge is 0.0389 e. The zero-order chi connectivity index (χ0) is 15.0. The topological polar surface area (TPSA) is 0 Å². The molecule has 0 nitrogen and oxygen atoms in total. The molecule has 0 aliphatic carbocycles. The van der Waals surface area contributed by atoms with Crippen LogP contribution in [0.15, 0.2) is 0 Å². The second kappa shape index (κ2) is 9.83. The van der Waals surface area contributed by atoms with E-state index in [9.17, 15) is 0 Å². The lowest BCUT2D eigenvalue weighted by atomic mass is 9.73. The molecule has 0 aliphatic rings. The molecule has 0 saturated heterocycles. The largest absolute Gasteiger partial charge is 0.0654 e. The van der Waals surface area contributed by atoms with Crippen LogP contribution in [0.25, 0.3) is 0 Å². The van der Waals surface area contributed by atoms with Crippen LogP contribution in [0.4, 0.5) is 0 Å². The Bertz CT molecular complexity index is 206. The summed E-state index contributed by atoms with van der Waals surface area (Å²) in [6.07, 6.45) is 6.99. The van der Waals surface area contributed by atoms with Gasteiger partial charge in [-0.2, -0.15) is 0 Å². The van der Waals surface area contributed by atoms with E-state index in [-0.39, 0.29) is 0 Å². The second-order valence-corrected chi connectivity index (χ2v) is 7.63. The van der Waals surface area contributed by atoms with E-state index in [0.29, 0.717) is 0 Å². The minimum absolute atomic E-state index is 0.826. The molecule has 0 fully saturated rings. The van der Waals surface area contributed by atoms with Crippen LogP contribution in [-0.2, 0) is 0 Å². The molecule has 0 heterocycles. The molecule has 0 aromatic rings. The van der Waals surface area contributed by atoms with Crippen LogP contribution in [0, 0.1) is 35.5 Å². The average molecular weight is 269 g/mol. The van der Waals surface area contributed by atoms with Crippen molar-refractivity contribution in [2.24, 2.45) is 35.5 Å². The molecule has 0 aliphatic heterocycles. The van der Waals surface area contributed by atoms with Gasteiger partial charge in [-0.15, -0.1) is 0 Å². The minimum atomic E-state index is 0.826. The predicted octanol–water partition coefficient (Wildman–Crippen LogP) is 6.79. The zero-order valence-electron chi connectivity index (χ0n) is 15.0. The van der Waals surface area contributed by atoms with Gasteiger partial charge in [0.15, 0.2) is 0 Å². The summed E-state index contributed by atoms with van der Waals surface area (Å²) in [6.45, 7) is 19.3. The molecule has 0 aromatic carbocycles. The fourth-order valence-electron chi connectivity index (χ4n) is 3.09. The van der Waals surface area contributed by atoms with Gasteiger partial charge in [-0.3, -0.25) is 0 Å².